The van der Waals surface area contributed by atoms with Crippen LogP contribution in [0, 0.1) is 0 Å². The molecule has 1 atom stereocenters. The standard InChI is InChI=1S/C15H28N4/c1-6-16-15-10-8-9-14(17-15)12-19(7-2)13(3)11-18(4)5/h8-10,13H,6-7,11-12H2,1-5H3,(H,16,17). The summed E-state index contributed by atoms with van der Waals surface area (Å²) in [4.78, 5) is 9.33. The number of likely N-dealkylation sites (N-methyl/N-ethyl adjacent to an activating group) is 2. The van der Waals surface area contributed by atoms with E-state index in [1.54, 1.807) is 0 Å². The number of pyridine rings is 1. The van der Waals surface area contributed by atoms with E-state index < -0.39 is 0 Å². The first-order valence-electron chi connectivity index (χ1n) is 7.15. The van der Waals surface area contributed by atoms with Gasteiger partial charge in [0, 0.05) is 25.7 Å². The van der Waals surface area contributed by atoms with Crippen molar-refractivity contribution in [1.82, 2.24) is 14.8 Å². The molecule has 1 aromatic heterocycles. The van der Waals surface area contributed by atoms with Crippen molar-refractivity contribution >= 4 is 5.82 Å². The van der Waals surface area contributed by atoms with Gasteiger partial charge in [0.25, 0.3) is 0 Å². The van der Waals surface area contributed by atoms with Crippen molar-refractivity contribution in [2.75, 3.05) is 39.0 Å². The highest BCUT2D eigenvalue weighted by Gasteiger charge is 2.13. The maximum Gasteiger partial charge on any atom is 0.126 e. The number of nitrogens with one attached hydrogen (secondary N) is 1. The lowest BCUT2D eigenvalue weighted by Gasteiger charge is -2.29. The van der Waals surface area contributed by atoms with Crippen LogP contribution in [0.15, 0.2) is 18.2 Å². The van der Waals surface area contributed by atoms with Crippen LogP contribution in [0.3, 0.4) is 0 Å². The molecule has 1 aromatic rings. The summed E-state index contributed by atoms with van der Waals surface area (Å²) in [7, 11) is 4.24. The van der Waals surface area contributed by atoms with Crippen LogP contribution >= 0.6 is 0 Å². The first-order valence-corrected chi connectivity index (χ1v) is 7.15. The Labute approximate surface area is 117 Å². The number of rotatable bonds is 8. The summed E-state index contributed by atoms with van der Waals surface area (Å²) in [5.41, 5.74) is 1.13. The molecule has 0 spiro atoms. The third kappa shape index (κ3) is 5.57. The molecule has 0 aliphatic heterocycles. The van der Waals surface area contributed by atoms with Gasteiger partial charge in [0.1, 0.15) is 5.82 Å². The molecule has 1 rings (SSSR count). The Morgan fingerprint density at radius 3 is 2.58 bits per heavy atom. The van der Waals surface area contributed by atoms with Crippen molar-refractivity contribution in [2.45, 2.75) is 33.4 Å². The van der Waals surface area contributed by atoms with E-state index in [1.807, 2.05) is 6.07 Å². The lowest BCUT2D eigenvalue weighted by molar-refractivity contribution is 0.172. The summed E-state index contributed by atoms with van der Waals surface area (Å²) in [6.45, 7) is 10.5. The fourth-order valence-electron chi connectivity index (χ4n) is 2.28. The summed E-state index contributed by atoms with van der Waals surface area (Å²) >= 11 is 0. The lowest BCUT2D eigenvalue weighted by Crippen LogP contribution is -2.39. The van der Waals surface area contributed by atoms with E-state index in [1.165, 1.54) is 0 Å². The molecule has 0 aliphatic carbocycles. The van der Waals surface area contributed by atoms with Gasteiger partial charge in [0.15, 0.2) is 0 Å². The van der Waals surface area contributed by atoms with Gasteiger partial charge in [-0.2, -0.15) is 0 Å². The molecule has 1 heterocycles. The quantitative estimate of drug-likeness (QED) is 0.780. The van der Waals surface area contributed by atoms with Crippen molar-refractivity contribution in [3.05, 3.63) is 23.9 Å². The molecule has 0 bridgehead atoms. The van der Waals surface area contributed by atoms with E-state index in [0.29, 0.717) is 6.04 Å². The smallest absolute Gasteiger partial charge is 0.126 e. The van der Waals surface area contributed by atoms with E-state index in [-0.39, 0.29) is 0 Å². The molecular weight excluding hydrogens is 236 g/mol. The van der Waals surface area contributed by atoms with Gasteiger partial charge in [-0.25, -0.2) is 4.98 Å². The molecule has 0 aliphatic rings. The van der Waals surface area contributed by atoms with E-state index >= 15 is 0 Å². The van der Waals surface area contributed by atoms with Gasteiger partial charge in [-0.1, -0.05) is 13.0 Å². The predicted molar refractivity (Wildman–Crippen MR) is 82.5 cm³/mol. The first kappa shape index (κ1) is 15.9. The number of nitrogens with zero attached hydrogens (tertiary/aromatic N) is 3. The van der Waals surface area contributed by atoms with E-state index in [4.69, 9.17) is 0 Å². The SMILES string of the molecule is CCNc1cccc(CN(CC)C(C)CN(C)C)n1. The molecule has 1 N–H and O–H groups in total. The summed E-state index contributed by atoms with van der Waals surface area (Å²) < 4.78 is 0. The summed E-state index contributed by atoms with van der Waals surface area (Å²) in [5.74, 6) is 0.969. The molecule has 0 fully saturated rings. The molecular formula is C15H28N4. The van der Waals surface area contributed by atoms with Gasteiger partial charge in [-0.3, -0.25) is 4.90 Å². The largest absolute Gasteiger partial charge is 0.370 e. The van der Waals surface area contributed by atoms with Gasteiger partial charge < -0.3 is 10.2 Å². The average Bonchev–Trinajstić information content (AvgIpc) is 2.36. The van der Waals surface area contributed by atoms with Crippen molar-refractivity contribution in [2.24, 2.45) is 0 Å². The van der Waals surface area contributed by atoms with Crippen LogP contribution in [-0.4, -0.2) is 54.6 Å². The van der Waals surface area contributed by atoms with Crippen molar-refractivity contribution in [3.63, 3.8) is 0 Å². The highest BCUT2D eigenvalue weighted by molar-refractivity contribution is 5.34. The van der Waals surface area contributed by atoms with E-state index in [9.17, 15) is 0 Å². The van der Waals surface area contributed by atoms with E-state index in [0.717, 1.165) is 37.7 Å². The Hall–Kier alpha value is -1.13. The highest BCUT2D eigenvalue weighted by Crippen LogP contribution is 2.10. The average molecular weight is 264 g/mol. The molecule has 1 unspecified atom stereocenters. The molecule has 0 amide bonds. The van der Waals surface area contributed by atoms with Crippen molar-refractivity contribution in [1.29, 1.82) is 0 Å². The third-order valence-corrected chi connectivity index (χ3v) is 3.19. The molecule has 0 saturated heterocycles. The second kappa shape index (κ2) is 8.12. The van der Waals surface area contributed by atoms with Crippen LogP contribution in [0.5, 0.6) is 0 Å². The fourth-order valence-corrected chi connectivity index (χ4v) is 2.28. The van der Waals surface area contributed by atoms with Crippen LogP contribution in [-0.2, 0) is 6.54 Å². The second-order valence-corrected chi connectivity index (χ2v) is 5.22. The predicted octanol–water partition coefficient (Wildman–Crippen LogP) is 2.29. The zero-order valence-electron chi connectivity index (χ0n) is 13.0. The number of hydrogen-bond acceptors (Lipinski definition) is 4. The molecule has 4 nitrogen and oxygen atoms in total. The van der Waals surface area contributed by atoms with Gasteiger partial charge >= 0.3 is 0 Å². The van der Waals surface area contributed by atoms with Crippen LogP contribution in [0.4, 0.5) is 5.82 Å². The normalized spacial score (nSPS) is 13.0. The molecule has 0 radical (unpaired) electrons. The van der Waals surface area contributed by atoms with Crippen molar-refractivity contribution < 1.29 is 0 Å². The van der Waals surface area contributed by atoms with Gasteiger partial charge in [-0.15, -0.1) is 0 Å². The van der Waals surface area contributed by atoms with Crippen LogP contribution in [0.25, 0.3) is 0 Å². The Kier molecular flexibility index (Phi) is 6.81. The van der Waals surface area contributed by atoms with Crippen LogP contribution in [0.2, 0.25) is 0 Å². The fraction of sp³-hybridized carbons (Fsp3) is 0.667. The maximum atomic E-state index is 4.65. The summed E-state index contributed by atoms with van der Waals surface area (Å²) in [5, 5.41) is 3.26. The summed E-state index contributed by atoms with van der Waals surface area (Å²) in [6, 6.07) is 6.73. The van der Waals surface area contributed by atoms with Crippen LogP contribution in [0.1, 0.15) is 26.5 Å². The first-order chi connectivity index (χ1) is 9.06. The minimum Gasteiger partial charge on any atom is -0.370 e. The third-order valence-electron chi connectivity index (χ3n) is 3.19. The van der Waals surface area contributed by atoms with Crippen LogP contribution < -0.4 is 5.32 Å². The molecule has 4 heteroatoms. The van der Waals surface area contributed by atoms with Gasteiger partial charge in [0.05, 0.1) is 5.69 Å². The number of aromatic nitrogens is 1. The van der Waals surface area contributed by atoms with Crippen molar-refractivity contribution in [3.8, 4) is 0 Å². The Bertz CT molecular complexity index is 365. The Morgan fingerprint density at radius 1 is 1.26 bits per heavy atom. The monoisotopic (exact) mass is 264 g/mol. The number of hydrogen-bond donors (Lipinski definition) is 1. The zero-order chi connectivity index (χ0) is 14.3. The maximum absolute atomic E-state index is 4.65. The molecule has 0 saturated carbocycles. The van der Waals surface area contributed by atoms with Gasteiger partial charge in [0.2, 0.25) is 0 Å². The second-order valence-electron chi connectivity index (χ2n) is 5.22. The van der Waals surface area contributed by atoms with Gasteiger partial charge in [-0.05, 0) is 46.6 Å². The Morgan fingerprint density at radius 2 is 2.00 bits per heavy atom. The Balaban J connectivity index is 2.66. The molecule has 0 aromatic carbocycles. The minimum atomic E-state index is 0.532. The lowest BCUT2D eigenvalue weighted by atomic mass is 10.2. The zero-order valence-corrected chi connectivity index (χ0v) is 13.0. The van der Waals surface area contributed by atoms with E-state index in [2.05, 4.69) is 67.1 Å². The minimum absolute atomic E-state index is 0.532. The molecule has 108 valence electrons. The topological polar surface area (TPSA) is 31.4 Å². The molecule has 19 heavy (non-hydrogen) atoms. The number of anilines is 1. The highest BCUT2D eigenvalue weighted by atomic mass is 15.2. The summed E-state index contributed by atoms with van der Waals surface area (Å²) in [6.07, 6.45) is 0.